The molecule has 0 bridgehead atoms. The normalized spacial score (nSPS) is 14.6. The van der Waals surface area contributed by atoms with Crippen LogP contribution in [0.4, 0.5) is 5.69 Å². The van der Waals surface area contributed by atoms with Crippen molar-refractivity contribution >= 4 is 24.3 Å². The Kier molecular flexibility index (Phi) is 2.55. The van der Waals surface area contributed by atoms with Crippen molar-refractivity contribution < 1.29 is 14.6 Å². The molecule has 0 saturated heterocycles. The van der Waals surface area contributed by atoms with Crippen molar-refractivity contribution in [2.75, 3.05) is 5.09 Å². The molecule has 2 aromatic rings. The topological polar surface area (TPSA) is 108 Å². The number of nitrogens with zero attached hydrogens (tertiary/aromatic N) is 1. The molecule has 1 heterocycles. The minimum atomic E-state index is -3.88. The molecule has 0 fully saturated rings. The van der Waals surface area contributed by atoms with Gasteiger partial charge in [0.25, 0.3) is 0 Å². The van der Waals surface area contributed by atoms with Gasteiger partial charge in [-0.2, -0.15) is 0 Å². The van der Waals surface area contributed by atoms with E-state index in [0.29, 0.717) is 16.6 Å². The molecule has 7 heteroatoms. The van der Waals surface area contributed by atoms with Crippen LogP contribution < -0.4 is 10.6 Å². The fourth-order valence-electron chi connectivity index (χ4n) is 1.42. The number of phenols is 1. The number of benzene rings is 1. The molecule has 0 saturated carbocycles. The first-order valence-electron chi connectivity index (χ1n) is 4.44. The van der Waals surface area contributed by atoms with Crippen LogP contribution in [-0.4, -0.2) is 15.0 Å². The zero-order valence-electron chi connectivity index (χ0n) is 8.16. The Morgan fingerprint density at radius 2 is 2.12 bits per heavy atom. The zero-order chi connectivity index (χ0) is 11.8. The summed E-state index contributed by atoms with van der Waals surface area (Å²) in [6.45, 7) is 0. The highest BCUT2D eigenvalue weighted by Crippen LogP contribution is 2.36. The lowest BCUT2D eigenvalue weighted by molar-refractivity contribution is 0.481. The molecule has 84 valence electrons. The van der Waals surface area contributed by atoms with Gasteiger partial charge in [-0.15, -0.1) is 0 Å². The molecule has 0 aliphatic carbocycles. The molecule has 0 spiro atoms. The Labute approximate surface area is 91.3 Å². The number of fused-ring (bicyclic) bond motifs is 1. The van der Waals surface area contributed by atoms with Gasteiger partial charge in [-0.1, -0.05) is 0 Å². The Hall–Kier alpha value is -1.62. The maximum absolute atomic E-state index is 11.0. The smallest absolute Gasteiger partial charge is 0.360 e. The predicted molar refractivity (Wildman–Crippen MR) is 61.0 cm³/mol. The molecule has 1 atom stereocenters. The third-order valence-electron chi connectivity index (χ3n) is 2.03. The molecule has 1 aromatic carbocycles. The van der Waals surface area contributed by atoms with Crippen molar-refractivity contribution in [1.82, 2.24) is 4.98 Å². The molecule has 5 N–H and O–H groups in total. The molecule has 1 aromatic heterocycles. The lowest BCUT2D eigenvalue weighted by atomic mass is 10.2. The fourth-order valence-corrected chi connectivity index (χ4v) is 1.95. The van der Waals surface area contributed by atoms with Crippen LogP contribution in [0.5, 0.6) is 5.75 Å². The van der Waals surface area contributed by atoms with Crippen LogP contribution in [0, 0.1) is 0 Å². The number of nitrogens with two attached hydrogens (primary N) is 1. The average Bonchev–Trinajstić information content (AvgIpc) is 2.21. The van der Waals surface area contributed by atoms with Crippen LogP contribution in [0.15, 0.2) is 30.5 Å². The van der Waals surface area contributed by atoms with Gasteiger partial charge in [0.15, 0.2) is 0 Å². The highest BCUT2D eigenvalue weighted by molar-refractivity contribution is 7.57. The number of anilines is 1. The zero-order valence-corrected chi connectivity index (χ0v) is 9.06. The van der Waals surface area contributed by atoms with Crippen molar-refractivity contribution in [2.24, 2.45) is 5.50 Å². The Balaban J connectivity index is 2.63. The summed E-state index contributed by atoms with van der Waals surface area (Å²) in [4.78, 5) is 13.0. The lowest BCUT2D eigenvalue weighted by Gasteiger charge is -2.11. The number of aromatic hydroxyl groups is 1. The van der Waals surface area contributed by atoms with Gasteiger partial charge >= 0.3 is 7.67 Å². The third-order valence-corrected chi connectivity index (χ3v) is 2.59. The summed E-state index contributed by atoms with van der Waals surface area (Å²) < 4.78 is 11.0. The molecule has 16 heavy (non-hydrogen) atoms. The van der Waals surface area contributed by atoms with E-state index >= 15 is 0 Å². The summed E-state index contributed by atoms with van der Waals surface area (Å²) in [5, 5.41) is 12.3. The summed E-state index contributed by atoms with van der Waals surface area (Å²) in [6, 6.07) is 6.16. The largest absolute Gasteiger partial charge is 0.507 e. The average molecular weight is 239 g/mol. The van der Waals surface area contributed by atoms with E-state index in [9.17, 15) is 9.67 Å². The van der Waals surface area contributed by atoms with E-state index in [-0.39, 0.29) is 5.75 Å². The van der Waals surface area contributed by atoms with E-state index in [1.165, 1.54) is 18.3 Å². The number of phenolic OH excluding ortho intramolecular Hbond substituents is 1. The molecule has 2 rings (SSSR count). The molecule has 0 aliphatic heterocycles. The van der Waals surface area contributed by atoms with E-state index in [4.69, 9.17) is 10.4 Å². The molecule has 6 nitrogen and oxygen atoms in total. The predicted octanol–water partition coefficient (Wildman–Crippen LogP) is 1.41. The van der Waals surface area contributed by atoms with Gasteiger partial charge in [-0.25, -0.2) is 10.1 Å². The van der Waals surface area contributed by atoms with Gasteiger partial charge < -0.3 is 15.1 Å². The molecule has 0 amide bonds. The number of hydrogen-bond acceptors (Lipinski definition) is 3. The van der Waals surface area contributed by atoms with Gasteiger partial charge in [0.2, 0.25) is 0 Å². The van der Waals surface area contributed by atoms with Crippen LogP contribution >= 0.6 is 7.67 Å². The number of hydrogen-bond donors (Lipinski definition) is 4. The monoisotopic (exact) mass is 239 g/mol. The van der Waals surface area contributed by atoms with Gasteiger partial charge in [-0.05, 0) is 24.3 Å². The fraction of sp³-hybridized carbons (Fsp3) is 0. The Morgan fingerprint density at radius 3 is 2.81 bits per heavy atom. The van der Waals surface area contributed by atoms with Crippen LogP contribution in [0.25, 0.3) is 10.9 Å². The number of nitrogens with one attached hydrogen (secondary N) is 1. The van der Waals surface area contributed by atoms with Gasteiger partial charge in [0, 0.05) is 11.6 Å². The summed E-state index contributed by atoms with van der Waals surface area (Å²) in [5.74, 6) is 0.0541. The van der Waals surface area contributed by atoms with Crippen LogP contribution in [0.2, 0.25) is 0 Å². The minimum Gasteiger partial charge on any atom is -0.507 e. The second-order valence-electron chi connectivity index (χ2n) is 3.27. The second kappa shape index (κ2) is 3.75. The Bertz CT molecular complexity index is 581. The SMILES string of the molecule is NP(=O)(O)Nc1ccc(O)c2cccnc12. The van der Waals surface area contributed by atoms with Crippen LogP contribution in [0.1, 0.15) is 0 Å². The first-order valence-corrected chi connectivity index (χ1v) is 6.16. The third kappa shape index (κ3) is 2.14. The number of rotatable bonds is 2. The highest BCUT2D eigenvalue weighted by atomic mass is 31.2. The maximum atomic E-state index is 11.0. The molecule has 0 radical (unpaired) electrons. The first kappa shape index (κ1) is 10.9. The van der Waals surface area contributed by atoms with E-state index in [2.05, 4.69) is 10.1 Å². The van der Waals surface area contributed by atoms with Crippen LogP contribution in [0.3, 0.4) is 0 Å². The van der Waals surface area contributed by atoms with Crippen molar-refractivity contribution in [3.63, 3.8) is 0 Å². The lowest BCUT2D eigenvalue weighted by Crippen LogP contribution is -2.04. The van der Waals surface area contributed by atoms with Gasteiger partial charge in [0.05, 0.1) is 11.2 Å². The van der Waals surface area contributed by atoms with Gasteiger partial charge in [0.1, 0.15) is 5.75 Å². The van der Waals surface area contributed by atoms with E-state index < -0.39 is 7.67 Å². The van der Waals surface area contributed by atoms with Crippen LogP contribution in [-0.2, 0) is 4.57 Å². The standard InChI is InChI=1S/C9H10N3O3P/c10-16(14,15)12-7-3-4-8(13)6-2-1-5-11-9(6)7/h1-5,13H,(H4,10,12,14,15). The Morgan fingerprint density at radius 1 is 1.38 bits per heavy atom. The molecule has 1 unspecified atom stereocenters. The number of pyridine rings is 1. The second-order valence-corrected chi connectivity index (χ2v) is 4.74. The quantitative estimate of drug-likeness (QED) is 0.466. The van der Waals surface area contributed by atoms with E-state index in [1.807, 2.05) is 0 Å². The summed E-state index contributed by atoms with van der Waals surface area (Å²) in [6.07, 6.45) is 1.52. The molecular formula is C9H10N3O3P. The highest BCUT2D eigenvalue weighted by Gasteiger charge is 2.13. The van der Waals surface area contributed by atoms with Crippen molar-refractivity contribution in [1.29, 1.82) is 0 Å². The van der Waals surface area contributed by atoms with E-state index in [1.54, 1.807) is 12.1 Å². The van der Waals surface area contributed by atoms with Crippen molar-refractivity contribution in [3.05, 3.63) is 30.5 Å². The van der Waals surface area contributed by atoms with Crippen molar-refractivity contribution in [3.8, 4) is 5.75 Å². The summed E-state index contributed by atoms with van der Waals surface area (Å²) in [5.41, 5.74) is 5.70. The van der Waals surface area contributed by atoms with Crippen molar-refractivity contribution in [2.45, 2.75) is 0 Å². The molecular weight excluding hydrogens is 229 g/mol. The minimum absolute atomic E-state index is 0.0541. The van der Waals surface area contributed by atoms with Gasteiger partial charge in [-0.3, -0.25) is 4.98 Å². The summed E-state index contributed by atoms with van der Waals surface area (Å²) >= 11 is 0. The number of aromatic nitrogens is 1. The van der Waals surface area contributed by atoms with E-state index in [0.717, 1.165) is 0 Å². The molecule has 0 aliphatic rings. The first-order chi connectivity index (χ1) is 7.47. The summed E-state index contributed by atoms with van der Waals surface area (Å²) in [7, 11) is -3.88. The maximum Gasteiger partial charge on any atom is 0.360 e.